The molecule has 0 bridgehead atoms. The first-order chi connectivity index (χ1) is 11.0. The van der Waals surface area contributed by atoms with Crippen LogP contribution in [0, 0.1) is 13.8 Å². The summed E-state index contributed by atoms with van der Waals surface area (Å²) in [6.07, 6.45) is 1.17. The minimum atomic E-state index is 0.0320. The van der Waals surface area contributed by atoms with Gasteiger partial charge in [0.2, 0.25) is 5.91 Å². The van der Waals surface area contributed by atoms with Gasteiger partial charge in [0.05, 0.1) is 6.54 Å². The summed E-state index contributed by atoms with van der Waals surface area (Å²) < 4.78 is 5.71. The molecular weight excluding hydrogens is 310 g/mol. The highest BCUT2D eigenvalue weighted by atomic mass is 35.5. The van der Waals surface area contributed by atoms with Crippen molar-refractivity contribution in [1.29, 1.82) is 0 Å². The van der Waals surface area contributed by atoms with E-state index < -0.39 is 0 Å². The number of ether oxygens (including phenoxy) is 1. The topological polar surface area (TPSA) is 38.3 Å². The molecule has 0 unspecified atom stereocenters. The lowest BCUT2D eigenvalue weighted by Gasteiger charge is -2.10. The first kappa shape index (κ1) is 17.4. The molecule has 3 nitrogen and oxygen atoms in total. The minimum absolute atomic E-state index is 0.0320. The van der Waals surface area contributed by atoms with Gasteiger partial charge in [-0.1, -0.05) is 35.9 Å². The molecule has 0 saturated carbocycles. The third kappa shape index (κ3) is 5.95. The summed E-state index contributed by atoms with van der Waals surface area (Å²) in [6.45, 7) is 5.02. The molecule has 0 radical (unpaired) electrons. The van der Waals surface area contributed by atoms with E-state index in [4.69, 9.17) is 16.3 Å². The molecule has 0 spiro atoms. The summed E-state index contributed by atoms with van der Waals surface area (Å²) in [5.74, 6) is 0.907. The maximum Gasteiger partial charge on any atom is 0.220 e. The number of hydrogen-bond acceptors (Lipinski definition) is 2. The van der Waals surface area contributed by atoms with E-state index in [9.17, 15) is 4.79 Å². The van der Waals surface area contributed by atoms with Gasteiger partial charge >= 0.3 is 0 Å². The van der Waals surface area contributed by atoms with Gasteiger partial charge in [-0.15, -0.1) is 0 Å². The molecular formula is C19H22ClNO2. The maximum absolute atomic E-state index is 11.8. The Kier molecular flexibility index (Phi) is 6.48. The van der Waals surface area contributed by atoms with Gasteiger partial charge in [-0.05, 0) is 55.2 Å². The van der Waals surface area contributed by atoms with E-state index in [1.54, 1.807) is 0 Å². The fraction of sp³-hybridized carbons (Fsp3) is 0.316. The second-order valence-corrected chi connectivity index (χ2v) is 6.03. The van der Waals surface area contributed by atoms with Crippen LogP contribution < -0.4 is 10.1 Å². The largest absolute Gasteiger partial charge is 0.491 e. The van der Waals surface area contributed by atoms with Gasteiger partial charge in [-0.2, -0.15) is 0 Å². The summed E-state index contributed by atoms with van der Waals surface area (Å²) in [6, 6.07) is 13.7. The number of halogens is 1. The standard InChI is InChI=1S/C19H22ClNO2/c1-14-3-4-15(2)18(13-14)23-12-11-21-19(22)10-7-16-5-8-17(20)9-6-16/h3-6,8-9,13H,7,10-12H2,1-2H3,(H,21,22). The maximum atomic E-state index is 11.8. The Morgan fingerprint density at radius 2 is 1.87 bits per heavy atom. The first-order valence-corrected chi connectivity index (χ1v) is 8.13. The lowest BCUT2D eigenvalue weighted by molar-refractivity contribution is -0.121. The molecule has 0 aliphatic carbocycles. The highest BCUT2D eigenvalue weighted by molar-refractivity contribution is 6.30. The van der Waals surface area contributed by atoms with Gasteiger partial charge in [0.25, 0.3) is 0 Å². The van der Waals surface area contributed by atoms with Crippen LogP contribution in [-0.4, -0.2) is 19.1 Å². The van der Waals surface area contributed by atoms with Crippen molar-refractivity contribution in [3.05, 3.63) is 64.2 Å². The van der Waals surface area contributed by atoms with Crippen molar-refractivity contribution in [2.75, 3.05) is 13.2 Å². The van der Waals surface area contributed by atoms with E-state index in [2.05, 4.69) is 11.4 Å². The summed E-state index contributed by atoms with van der Waals surface area (Å²) in [4.78, 5) is 11.8. The van der Waals surface area contributed by atoms with Crippen molar-refractivity contribution in [3.63, 3.8) is 0 Å². The van der Waals surface area contributed by atoms with E-state index >= 15 is 0 Å². The predicted molar refractivity (Wildman–Crippen MR) is 94.2 cm³/mol. The molecule has 2 rings (SSSR count). The summed E-state index contributed by atoms with van der Waals surface area (Å²) in [5, 5.41) is 3.59. The van der Waals surface area contributed by atoms with Crippen molar-refractivity contribution < 1.29 is 9.53 Å². The van der Waals surface area contributed by atoms with Crippen LogP contribution in [0.1, 0.15) is 23.1 Å². The lowest BCUT2D eigenvalue weighted by atomic mass is 10.1. The number of hydrogen-bond donors (Lipinski definition) is 1. The average Bonchev–Trinajstić information content (AvgIpc) is 2.54. The third-order valence-corrected chi connectivity index (χ3v) is 3.83. The molecule has 23 heavy (non-hydrogen) atoms. The molecule has 0 aliphatic rings. The molecule has 0 heterocycles. The van der Waals surface area contributed by atoms with Gasteiger partial charge in [0.1, 0.15) is 12.4 Å². The number of rotatable bonds is 7. The van der Waals surface area contributed by atoms with E-state index in [0.29, 0.717) is 31.0 Å². The Hall–Kier alpha value is -2.00. The predicted octanol–water partition coefficient (Wildman–Crippen LogP) is 4.08. The molecule has 0 saturated heterocycles. The highest BCUT2D eigenvalue weighted by Gasteiger charge is 2.03. The van der Waals surface area contributed by atoms with Crippen LogP contribution in [0.15, 0.2) is 42.5 Å². The van der Waals surface area contributed by atoms with Crippen molar-refractivity contribution in [2.45, 2.75) is 26.7 Å². The fourth-order valence-corrected chi connectivity index (χ4v) is 2.34. The van der Waals surface area contributed by atoms with Crippen molar-refractivity contribution >= 4 is 17.5 Å². The second kappa shape index (κ2) is 8.59. The Balaban J connectivity index is 1.66. The number of benzene rings is 2. The normalized spacial score (nSPS) is 10.4. The minimum Gasteiger partial charge on any atom is -0.491 e. The Morgan fingerprint density at radius 1 is 1.13 bits per heavy atom. The SMILES string of the molecule is Cc1ccc(C)c(OCCNC(=O)CCc2ccc(Cl)cc2)c1. The molecule has 2 aromatic carbocycles. The van der Waals surface area contributed by atoms with Gasteiger partial charge in [0.15, 0.2) is 0 Å². The second-order valence-electron chi connectivity index (χ2n) is 5.59. The van der Waals surface area contributed by atoms with Crippen LogP contribution in [-0.2, 0) is 11.2 Å². The van der Waals surface area contributed by atoms with Crippen molar-refractivity contribution in [2.24, 2.45) is 0 Å². The van der Waals surface area contributed by atoms with Crippen molar-refractivity contribution in [3.8, 4) is 5.75 Å². The Morgan fingerprint density at radius 3 is 2.61 bits per heavy atom. The van der Waals surface area contributed by atoms with Crippen LogP contribution in [0.25, 0.3) is 0 Å². The summed E-state index contributed by atoms with van der Waals surface area (Å²) in [7, 11) is 0. The van der Waals surface area contributed by atoms with Crippen LogP contribution in [0.4, 0.5) is 0 Å². The van der Waals surface area contributed by atoms with E-state index in [-0.39, 0.29) is 5.91 Å². The van der Waals surface area contributed by atoms with Gasteiger partial charge in [0, 0.05) is 11.4 Å². The summed E-state index contributed by atoms with van der Waals surface area (Å²) in [5.41, 5.74) is 3.37. The number of aryl methyl sites for hydroxylation is 3. The zero-order valence-electron chi connectivity index (χ0n) is 13.6. The van der Waals surface area contributed by atoms with Gasteiger partial charge in [-0.25, -0.2) is 0 Å². The molecule has 2 aromatic rings. The molecule has 4 heteroatoms. The molecule has 0 atom stereocenters. The highest BCUT2D eigenvalue weighted by Crippen LogP contribution is 2.18. The van der Waals surface area contributed by atoms with Crippen molar-refractivity contribution in [1.82, 2.24) is 5.32 Å². The smallest absolute Gasteiger partial charge is 0.220 e. The number of carbonyl (C=O) groups is 1. The average molecular weight is 332 g/mol. The van der Waals surface area contributed by atoms with E-state index in [0.717, 1.165) is 22.4 Å². The molecule has 0 fully saturated rings. The molecule has 1 N–H and O–H groups in total. The molecule has 1 amide bonds. The molecule has 0 aromatic heterocycles. The third-order valence-electron chi connectivity index (χ3n) is 3.58. The van der Waals surface area contributed by atoms with Crippen LogP contribution >= 0.6 is 11.6 Å². The van der Waals surface area contributed by atoms with Crippen LogP contribution in [0.3, 0.4) is 0 Å². The summed E-state index contributed by atoms with van der Waals surface area (Å²) >= 11 is 5.84. The number of nitrogens with one attached hydrogen (secondary N) is 1. The monoisotopic (exact) mass is 331 g/mol. The van der Waals surface area contributed by atoms with Gasteiger partial charge in [-0.3, -0.25) is 4.79 Å². The zero-order chi connectivity index (χ0) is 16.7. The quantitative estimate of drug-likeness (QED) is 0.776. The lowest BCUT2D eigenvalue weighted by Crippen LogP contribution is -2.28. The Bertz CT molecular complexity index is 653. The fourth-order valence-electron chi connectivity index (χ4n) is 2.21. The number of amides is 1. The first-order valence-electron chi connectivity index (χ1n) is 7.76. The van der Waals surface area contributed by atoms with Crippen LogP contribution in [0.5, 0.6) is 5.75 Å². The Labute approximate surface area is 142 Å². The van der Waals surface area contributed by atoms with E-state index in [1.165, 1.54) is 0 Å². The zero-order valence-corrected chi connectivity index (χ0v) is 14.3. The number of carbonyl (C=O) groups excluding carboxylic acids is 1. The van der Waals surface area contributed by atoms with E-state index in [1.807, 2.05) is 50.2 Å². The van der Waals surface area contributed by atoms with Gasteiger partial charge < -0.3 is 10.1 Å². The van der Waals surface area contributed by atoms with Crippen LogP contribution in [0.2, 0.25) is 5.02 Å². The molecule has 0 aliphatic heterocycles. The molecule has 122 valence electrons.